The number of aliphatic hydroxyl groups is 1. The molecule has 0 heterocycles. The summed E-state index contributed by atoms with van der Waals surface area (Å²) in [7, 11) is 1.29. The molecular formula is C11H20O3. The van der Waals surface area contributed by atoms with Gasteiger partial charge in [0.15, 0.2) is 6.10 Å². The molecule has 0 rings (SSSR count). The molecule has 0 aliphatic carbocycles. The molecule has 0 aromatic rings. The third-order valence-electron chi connectivity index (χ3n) is 2.16. The van der Waals surface area contributed by atoms with Crippen LogP contribution in [-0.4, -0.2) is 24.3 Å². The molecule has 0 amide bonds. The highest BCUT2D eigenvalue weighted by Gasteiger charge is 2.21. The second-order valence-electron chi connectivity index (χ2n) is 3.80. The Morgan fingerprint density at radius 1 is 1.50 bits per heavy atom. The molecule has 3 heteroatoms. The fraction of sp³-hybridized carbons (Fsp3) is 0.727. The minimum Gasteiger partial charge on any atom is -0.467 e. The molecule has 0 radical (unpaired) electrons. The number of aliphatic hydroxyl groups excluding tert-OH is 1. The lowest BCUT2D eigenvalue weighted by molar-refractivity contribution is -0.153. The molecule has 0 fully saturated rings. The van der Waals surface area contributed by atoms with E-state index in [4.69, 9.17) is 0 Å². The average molecular weight is 200 g/mol. The fourth-order valence-corrected chi connectivity index (χ4v) is 1.15. The molecule has 14 heavy (non-hydrogen) atoms. The van der Waals surface area contributed by atoms with Gasteiger partial charge in [0.25, 0.3) is 0 Å². The highest BCUT2D eigenvalue weighted by atomic mass is 16.5. The Morgan fingerprint density at radius 2 is 2.07 bits per heavy atom. The number of hydrogen-bond acceptors (Lipinski definition) is 3. The maximum absolute atomic E-state index is 11.0. The van der Waals surface area contributed by atoms with Gasteiger partial charge in [0, 0.05) is 0 Å². The van der Waals surface area contributed by atoms with Crippen molar-refractivity contribution in [3.05, 3.63) is 11.6 Å². The second kappa shape index (κ2) is 6.60. The van der Waals surface area contributed by atoms with Crippen molar-refractivity contribution in [1.82, 2.24) is 0 Å². The van der Waals surface area contributed by atoms with Gasteiger partial charge in [-0.25, -0.2) is 4.79 Å². The molecule has 0 aromatic carbocycles. The lowest BCUT2D eigenvalue weighted by atomic mass is 9.98. The summed E-state index contributed by atoms with van der Waals surface area (Å²) < 4.78 is 4.46. The number of rotatable bonds is 5. The van der Waals surface area contributed by atoms with E-state index in [0.29, 0.717) is 0 Å². The molecule has 3 nitrogen and oxygen atoms in total. The number of esters is 1. The summed E-state index contributed by atoms with van der Waals surface area (Å²) in [4.78, 5) is 11.0. The van der Waals surface area contributed by atoms with E-state index in [-0.39, 0.29) is 5.92 Å². The number of allylic oxidation sites excluding steroid dienone is 2. The van der Waals surface area contributed by atoms with Crippen LogP contribution in [0.4, 0.5) is 0 Å². The number of hydrogen-bond donors (Lipinski definition) is 1. The van der Waals surface area contributed by atoms with Crippen LogP contribution in [0.1, 0.15) is 33.6 Å². The molecule has 0 saturated carbocycles. The van der Waals surface area contributed by atoms with Crippen LogP contribution in [0, 0.1) is 5.92 Å². The van der Waals surface area contributed by atoms with E-state index in [1.807, 2.05) is 20.8 Å². The summed E-state index contributed by atoms with van der Waals surface area (Å²) in [6, 6.07) is 0. The standard InChI is InChI=1S/C11H20O3/c1-8(2)6-5-7-9(3)10(12)11(13)14-4/h6,9-10,12H,5,7H2,1-4H3. The second-order valence-corrected chi connectivity index (χ2v) is 3.80. The van der Waals surface area contributed by atoms with Gasteiger partial charge in [-0.1, -0.05) is 18.6 Å². The molecule has 0 bridgehead atoms. The molecule has 0 spiro atoms. The van der Waals surface area contributed by atoms with Gasteiger partial charge in [-0.05, 0) is 32.6 Å². The van der Waals surface area contributed by atoms with Crippen LogP contribution in [0.25, 0.3) is 0 Å². The van der Waals surface area contributed by atoms with E-state index in [9.17, 15) is 9.90 Å². The Morgan fingerprint density at radius 3 is 2.50 bits per heavy atom. The van der Waals surface area contributed by atoms with Crippen LogP contribution in [0.15, 0.2) is 11.6 Å². The van der Waals surface area contributed by atoms with Crippen molar-refractivity contribution in [3.8, 4) is 0 Å². The monoisotopic (exact) mass is 200 g/mol. The van der Waals surface area contributed by atoms with Gasteiger partial charge in [0.2, 0.25) is 0 Å². The first-order valence-corrected chi connectivity index (χ1v) is 4.88. The van der Waals surface area contributed by atoms with Gasteiger partial charge < -0.3 is 9.84 Å². The van der Waals surface area contributed by atoms with Crippen LogP contribution < -0.4 is 0 Å². The molecule has 0 saturated heterocycles. The number of carbonyl (C=O) groups is 1. The van der Waals surface area contributed by atoms with E-state index in [1.165, 1.54) is 12.7 Å². The van der Waals surface area contributed by atoms with Gasteiger partial charge in [0.05, 0.1) is 7.11 Å². The number of methoxy groups -OCH3 is 1. The molecule has 0 aliphatic rings. The van der Waals surface area contributed by atoms with Crippen molar-refractivity contribution >= 4 is 5.97 Å². The molecule has 82 valence electrons. The highest BCUT2D eigenvalue weighted by Crippen LogP contribution is 2.13. The number of ether oxygens (including phenoxy) is 1. The lowest BCUT2D eigenvalue weighted by Crippen LogP contribution is -2.28. The first-order chi connectivity index (χ1) is 6.49. The Hall–Kier alpha value is -0.830. The molecule has 1 N–H and O–H groups in total. The van der Waals surface area contributed by atoms with E-state index < -0.39 is 12.1 Å². The minimum absolute atomic E-state index is 0.0574. The molecule has 0 aliphatic heterocycles. The van der Waals surface area contributed by atoms with Crippen LogP contribution >= 0.6 is 0 Å². The molecule has 0 aromatic heterocycles. The zero-order valence-corrected chi connectivity index (χ0v) is 9.41. The first kappa shape index (κ1) is 13.2. The van der Waals surface area contributed by atoms with E-state index in [1.54, 1.807) is 0 Å². The zero-order valence-electron chi connectivity index (χ0n) is 9.41. The largest absolute Gasteiger partial charge is 0.467 e. The summed E-state index contributed by atoms with van der Waals surface area (Å²) in [5, 5.41) is 9.46. The Labute approximate surface area is 85.8 Å². The molecule has 2 unspecified atom stereocenters. The SMILES string of the molecule is COC(=O)C(O)C(C)CCC=C(C)C. The van der Waals surface area contributed by atoms with Crippen LogP contribution in [0.3, 0.4) is 0 Å². The maximum Gasteiger partial charge on any atom is 0.334 e. The number of carbonyl (C=O) groups excluding carboxylic acids is 1. The van der Waals surface area contributed by atoms with Crippen molar-refractivity contribution in [3.63, 3.8) is 0 Å². The van der Waals surface area contributed by atoms with Crippen molar-refractivity contribution in [2.45, 2.75) is 39.7 Å². The molecular weight excluding hydrogens is 180 g/mol. The third kappa shape index (κ3) is 5.02. The van der Waals surface area contributed by atoms with Gasteiger partial charge in [-0.15, -0.1) is 0 Å². The average Bonchev–Trinajstić information content (AvgIpc) is 2.14. The predicted molar refractivity (Wildman–Crippen MR) is 55.9 cm³/mol. The molecule has 2 atom stereocenters. The van der Waals surface area contributed by atoms with Gasteiger partial charge in [-0.3, -0.25) is 0 Å². The highest BCUT2D eigenvalue weighted by molar-refractivity contribution is 5.74. The third-order valence-corrected chi connectivity index (χ3v) is 2.16. The smallest absolute Gasteiger partial charge is 0.334 e. The van der Waals surface area contributed by atoms with Crippen LogP contribution in [-0.2, 0) is 9.53 Å². The van der Waals surface area contributed by atoms with Crippen molar-refractivity contribution in [2.24, 2.45) is 5.92 Å². The Bertz CT molecular complexity index is 205. The topological polar surface area (TPSA) is 46.5 Å². The predicted octanol–water partition coefficient (Wildman–Crippen LogP) is 1.90. The summed E-state index contributed by atoms with van der Waals surface area (Å²) in [5.74, 6) is -0.604. The normalized spacial score (nSPS) is 14.4. The lowest BCUT2D eigenvalue weighted by Gasteiger charge is -2.15. The summed E-state index contributed by atoms with van der Waals surface area (Å²) in [6.07, 6.45) is 2.78. The zero-order chi connectivity index (χ0) is 11.1. The minimum atomic E-state index is -0.995. The van der Waals surface area contributed by atoms with E-state index in [0.717, 1.165) is 12.8 Å². The van der Waals surface area contributed by atoms with Crippen molar-refractivity contribution in [1.29, 1.82) is 0 Å². The van der Waals surface area contributed by atoms with E-state index >= 15 is 0 Å². The fourth-order valence-electron chi connectivity index (χ4n) is 1.15. The van der Waals surface area contributed by atoms with Crippen molar-refractivity contribution in [2.75, 3.05) is 7.11 Å². The Balaban J connectivity index is 3.90. The first-order valence-electron chi connectivity index (χ1n) is 4.88. The Kier molecular flexibility index (Phi) is 6.21. The van der Waals surface area contributed by atoms with Gasteiger partial charge >= 0.3 is 5.97 Å². The van der Waals surface area contributed by atoms with Gasteiger partial charge in [0.1, 0.15) is 0 Å². The summed E-state index contributed by atoms with van der Waals surface area (Å²) >= 11 is 0. The summed E-state index contributed by atoms with van der Waals surface area (Å²) in [6.45, 7) is 5.91. The van der Waals surface area contributed by atoms with Crippen LogP contribution in [0.5, 0.6) is 0 Å². The quantitative estimate of drug-likeness (QED) is 0.544. The van der Waals surface area contributed by atoms with Gasteiger partial charge in [-0.2, -0.15) is 0 Å². The summed E-state index contributed by atoms with van der Waals surface area (Å²) in [5.41, 5.74) is 1.25. The van der Waals surface area contributed by atoms with Crippen molar-refractivity contribution < 1.29 is 14.6 Å². The maximum atomic E-state index is 11.0. The van der Waals surface area contributed by atoms with E-state index in [2.05, 4.69) is 10.8 Å². The van der Waals surface area contributed by atoms with Crippen LogP contribution in [0.2, 0.25) is 0 Å².